The number of amides is 1. The highest BCUT2D eigenvalue weighted by Crippen LogP contribution is 2.30. The number of rotatable bonds is 7. The lowest BCUT2D eigenvalue weighted by Gasteiger charge is -2.19. The van der Waals surface area contributed by atoms with Crippen LogP contribution in [0.3, 0.4) is 0 Å². The van der Waals surface area contributed by atoms with Crippen LogP contribution in [0, 0.1) is 6.92 Å². The van der Waals surface area contributed by atoms with Crippen molar-refractivity contribution >= 4 is 50.3 Å². The lowest BCUT2D eigenvalue weighted by molar-refractivity contribution is -0.114. The van der Waals surface area contributed by atoms with Gasteiger partial charge in [-0.25, -0.2) is 4.98 Å². The van der Waals surface area contributed by atoms with Crippen molar-refractivity contribution in [1.29, 1.82) is 0 Å². The predicted octanol–water partition coefficient (Wildman–Crippen LogP) is 5.26. The zero-order valence-electron chi connectivity index (χ0n) is 16.4. The molecule has 0 radical (unpaired) electrons. The molecular formula is C22H24ClN3OS. The number of fused-ring (bicyclic) bond motifs is 1. The number of benzene rings is 2. The van der Waals surface area contributed by atoms with Crippen LogP contribution < -0.4 is 4.90 Å². The normalized spacial score (nSPS) is 11.6. The van der Waals surface area contributed by atoms with Gasteiger partial charge in [-0.2, -0.15) is 0 Å². The van der Waals surface area contributed by atoms with Crippen LogP contribution in [0.4, 0.5) is 5.13 Å². The Bertz CT molecular complexity index is 996. The molecular weight excluding hydrogens is 390 g/mol. The van der Waals surface area contributed by atoms with Crippen LogP contribution in [-0.2, 0) is 4.79 Å². The van der Waals surface area contributed by atoms with Crippen LogP contribution in [-0.4, -0.2) is 43.0 Å². The van der Waals surface area contributed by atoms with Crippen LogP contribution in [0.15, 0.2) is 48.5 Å². The fourth-order valence-electron chi connectivity index (χ4n) is 2.84. The number of carbonyl (C=O) groups is 1. The second-order valence-corrected chi connectivity index (χ2v) is 8.39. The van der Waals surface area contributed by atoms with Crippen LogP contribution in [0.5, 0.6) is 0 Å². The first kappa shape index (κ1) is 20.5. The summed E-state index contributed by atoms with van der Waals surface area (Å²) in [5, 5.41) is 1.36. The van der Waals surface area contributed by atoms with E-state index in [1.165, 1.54) is 5.56 Å². The molecule has 0 unspecified atom stereocenters. The van der Waals surface area contributed by atoms with E-state index in [2.05, 4.69) is 17.9 Å². The van der Waals surface area contributed by atoms with Gasteiger partial charge in [-0.1, -0.05) is 47.2 Å². The van der Waals surface area contributed by atoms with Crippen molar-refractivity contribution < 1.29 is 4.79 Å². The van der Waals surface area contributed by atoms with Crippen molar-refractivity contribution in [3.05, 3.63) is 64.7 Å². The van der Waals surface area contributed by atoms with Gasteiger partial charge in [-0.3, -0.25) is 9.69 Å². The van der Waals surface area contributed by atoms with Gasteiger partial charge in [0.2, 0.25) is 0 Å². The maximum absolute atomic E-state index is 13.0. The molecule has 0 saturated heterocycles. The Kier molecular flexibility index (Phi) is 6.83. The van der Waals surface area contributed by atoms with E-state index in [9.17, 15) is 4.79 Å². The Morgan fingerprint density at radius 1 is 1.18 bits per heavy atom. The number of anilines is 1. The molecule has 0 aliphatic rings. The summed E-state index contributed by atoms with van der Waals surface area (Å²) >= 11 is 7.75. The van der Waals surface area contributed by atoms with Gasteiger partial charge in [0.25, 0.3) is 5.91 Å². The average molecular weight is 414 g/mol. The SMILES string of the molecule is Cc1ccc2nc(N(CCCN(C)C)C(=O)C=Cc3ccccc3Cl)sc2c1. The molecule has 4 nitrogen and oxygen atoms in total. The lowest BCUT2D eigenvalue weighted by atomic mass is 10.2. The Hall–Kier alpha value is -2.21. The monoisotopic (exact) mass is 413 g/mol. The summed E-state index contributed by atoms with van der Waals surface area (Å²) in [5.41, 5.74) is 2.93. The Morgan fingerprint density at radius 2 is 1.96 bits per heavy atom. The van der Waals surface area contributed by atoms with Gasteiger partial charge in [0.05, 0.1) is 10.2 Å². The third kappa shape index (κ3) is 5.19. The molecule has 6 heteroatoms. The maximum atomic E-state index is 13.0. The number of halogens is 1. The summed E-state index contributed by atoms with van der Waals surface area (Å²) in [5.74, 6) is -0.0885. The minimum Gasteiger partial charge on any atom is -0.309 e. The first-order chi connectivity index (χ1) is 13.4. The molecule has 1 amide bonds. The standard InChI is InChI=1S/C22H24ClN3OS/c1-16-9-11-19-20(15-16)28-22(24-19)26(14-6-13-25(2)3)21(27)12-10-17-7-4-5-8-18(17)23/h4-5,7-12,15H,6,13-14H2,1-3H3. The van der Waals surface area contributed by atoms with Crippen molar-refractivity contribution in [2.45, 2.75) is 13.3 Å². The molecule has 0 bridgehead atoms. The smallest absolute Gasteiger partial charge is 0.252 e. The number of aryl methyl sites for hydroxylation is 1. The maximum Gasteiger partial charge on any atom is 0.252 e. The molecule has 1 heterocycles. The van der Waals surface area contributed by atoms with Crippen molar-refractivity contribution in [3.8, 4) is 0 Å². The fourth-order valence-corrected chi connectivity index (χ4v) is 4.14. The third-order valence-electron chi connectivity index (χ3n) is 4.33. The van der Waals surface area contributed by atoms with E-state index in [0.29, 0.717) is 11.6 Å². The Balaban J connectivity index is 1.86. The summed E-state index contributed by atoms with van der Waals surface area (Å²) in [6.45, 7) is 3.58. The van der Waals surface area contributed by atoms with Crippen molar-refractivity contribution in [1.82, 2.24) is 9.88 Å². The van der Waals surface area contributed by atoms with Gasteiger partial charge in [0.15, 0.2) is 5.13 Å². The Morgan fingerprint density at radius 3 is 2.71 bits per heavy atom. The van der Waals surface area contributed by atoms with Gasteiger partial charge < -0.3 is 4.90 Å². The molecule has 1 aromatic heterocycles. The molecule has 3 rings (SSSR count). The van der Waals surface area contributed by atoms with Crippen molar-refractivity contribution in [3.63, 3.8) is 0 Å². The van der Waals surface area contributed by atoms with Gasteiger partial charge in [-0.15, -0.1) is 0 Å². The van der Waals surface area contributed by atoms with E-state index in [4.69, 9.17) is 16.6 Å². The van der Waals surface area contributed by atoms with E-state index in [0.717, 1.165) is 33.9 Å². The summed E-state index contributed by atoms with van der Waals surface area (Å²) in [4.78, 5) is 21.6. The molecule has 2 aromatic carbocycles. The topological polar surface area (TPSA) is 36.4 Å². The molecule has 0 spiro atoms. The second-order valence-electron chi connectivity index (χ2n) is 6.97. The minimum atomic E-state index is -0.0885. The first-order valence-electron chi connectivity index (χ1n) is 9.20. The second kappa shape index (κ2) is 9.32. The predicted molar refractivity (Wildman–Crippen MR) is 120 cm³/mol. The van der Waals surface area contributed by atoms with Gasteiger partial charge in [-0.05, 0) is 69.4 Å². The molecule has 0 N–H and O–H groups in total. The number of nitrogens with zero attached hydrogens (tertiary/aromatic N) is 3. The zero-order valence-corrected chi connectivity index (χ0v) is 17.9. The van der Waals surface area contributed by atoms with E-state index in [1.807, 2.05) is 50.5 Å². The molecule has 0 saturated carbocycles. The quantitative estimate of drug-likeness (QED) is 0.496. The summed E-state index contributed by atoms with van der Waals surface area (Å²) in [6.07, 6.45) is 4.21. The summed E-state index contributed by atoms with van der Waals surface area (Å²) in [6, 6.07) is 13.6. The molecule has 0 aliphatic heterocycles. The number of thiazole rings is 1. The van der Waals surface area contributed by atoms with E-state index < -0.39 is 0 Å². The molecule has 28 heavy (non-hydrogen) atoms. The number of carbonyl (C=O) groups excluding carboxylic acids is 1. The minimum absolute atomic E-state index is 0.0885. The molecule has 0 atom stereocenters. The summed E-state index contributed by atoms with van der Waals surface area (Å²) < 4.78 is 1.09. The Labute approximate surface area is 175 Å². The van der Waals surface area contributed by atoms with Crippen LogP contribution >= 0.6 is 22.9 Å². The van der Waals surface area contributed by atoms with E-state index in [-0.39, 0.29) is 5.91 Å². The fraction of sp³-hybridized carbons (Fsp3) is 0.273. The van der Waals surface area contributed by atoms with Gasteiger partial charge >= 0.3 is 0 Å². The van der Waals surface area contributed by atoms with Crippen LogP contribution in [0.2, 0.25) is 5.02 Å². The summed E-state index contributed by atoms with van der Waals surface area (Å²) in [7, 11) is 4.06. The highest BCUT2D eigenvalue weighted by Gasteiger charge is 2.18. The van der Waals surface area contributed by atoms with E-state index in [1.54, 1.807) is 28.4 Å². The van der Waals surface area contributed by atoms with Crippen molar-refractivity contribution in [2.24, 2.45) is 0 Å². The van der Waals surface area contributed by atoms with Crippen LogP contribution in [0.25, 0.3) is 16.3 Å². The third-order valence-corrected chi connectivity index (χ3v) is 5.71. The van der Waals surface area contributed by atoms with Crippen molar-refractivity contribution in [2.75, 3.05) is 32.1 Å². The lowest BCUT2D eigenvalue weighted by Crippen LogP contribution is -2.32. The number of hydrogen-bond acceptors (Lipinski definition) is 4. The molecule has 0 fully saturated rings. The number of aromatic nitrogens is 1. The molecule has 3 aromatic rings. The highest BCUT2D eigenvalue weighted by molar-refractivity contribution is 7.22. The largest absolute Gasteiger partial charge is 0.309 e. The average Bonchev–Trinajstić information content (AvgIpc) is 3.06. The van der Waals surface area contributed by atoms with Gasteiger partial charge in [0, 0.05) is 17.6 Å². The van der Waals surface area contributed by atoms with Gasteiger partial charge in [0.1, 0.15) is 0 Å². The molecule has 146 valence electrons. The van der Waals surface area contributed by atoms with E-state index >= 15 is 0 Å². The zero-order chi connectivity index (χ0) is 20.1. The molecule has 0 aliphatic carbocycles. The highest BCUT2D eigenvalue weighted by atomic mass is 35.5. The number of hydrogen-bond donors (Lipinski definition) is 0. The van der Waals surface area contributed by atoms with Crippen LogP contribution in [0.1, 0.15) is 17.5 Å². The first-order valence-corrected chi connectivity index (χ1v) is 10.4.